The van der Waals surface area contributed by atoms with Crippen molar-refractivity contribution in [3.63, 3.8) is 0 Å². The van der Waals surface area contributed by atoms with E-state index in [9.17, 15) is 0 Å². The first-order valence-electron chi connectivity index (χ1n) is 14.7. The maximum atomic E-state index is 6.63. The van der Waals surface area contributed by atoms with Crippen molar-refractivity contribution in [2.24, 2.45) is 0 Å². The van der Waals surface area contributed by atoms with E-state index in [2.05, 4.69) is 108 Å². The summed E-state index contributed by atoms with van der Waals surface area (Å²) in [6.45, 7) is 13.2. The first kappa shape index (κ1) is 29.9. The zero-order valence-electron chi connectivity index (χ0n) is 25.7. The summed E-state index contributed by atoms with van der Waals surface area (Å²) in [6, 6.07) is 32.0. The summed E-state index contributed by atoms with van der Waals surface area (Å²) in [5, 5.41) is 5.34. The third kappa shape index (κ3) is 5.37. The summed E-state index contributed by atoms with van der Waals surface area (Å²) in [5.74, 6) is 1.19. The Labute approximate surface area is 273 Å². The van der Waals surface area contributed by atoms with E-state index in [-0.39, 0.29) is 31.9 Å². The Kier molecular flexibility index (Phi) is 7.54. The van der Waals surface area contributed by atoms with Crippen LogP contribution in [0.5, 0.6) is 11.5 Å². The van der Waals surface area contributed by atoms with Crippen LogP contribution in [0.15, 0.2) is 91.4 Å². The van der Waals surface area contributed by atoms with Gasteiger partial charge in [-0.3, -0.25) is 4.98 Å². The van der Waals surface area contributed by atoms with E-state index in [1.165, 1.54) is 11.1 Å². The van der Waals surface area contributed by atoms with Crippen molar-refractivity contribution in [2.45, 2.75) is 52.4 Å². The third-order valence-electron chi connectivity index (χ3n) is 8.15. The number of nitrogens with zero attached hydrogens (tertiary/aromatic N) is 3. The van der Waals surface area contributed by atoms with E-state index in [1.54, 1.807) is 0 Å². The van der Waals surface area contributed by atoms with Crippen molar-refractivity contribution in [1.82, 2.24) is 15.0 Å². The molecule has 0 spiro atoms. The molecule has 0 aliphatic rings. The van der Waals surface area contributed by atoms with Gasteiger partial charge in [-0.2, -0.15) is 0 Å². The van der Waals surface area contributed by atoms with Crippen molar-refractivity contribution in [2.75, 3.05) is 0 Å². The molecule has 0 fully saturated rings. The Bertz CT molecular complexity index is 2110. The smallest absolute Gasteiger partial charge is 0.496 e. The largest absolute Gasteiger partial charge is 2.00 e. The molecule has 0 unspecified atom stereocenters. The topological polar surface area (TPSA) is 47.9 Å². The van der Waals surface area contributed by atoms with Gasteiger partial charge in [0, 0.05) is 18.1 Å². The van der Waals surface area contributed by atoms with Gasteiger partial charge in [0.1, 0.15) is 0 Å². The van der Waals surface area contributed by atoms with Crippen LogP contribution in [0.1, 0.15) is 52.7 Å². The molecule has 0 aliphatic carbocycles. The molecule has 220 valence electrons. The molecule has 0 radical (unpaired) electrons. The van der Waals surface area contributed by atoms with Gasteiger partial charge < -0.3 is 14.7 Å². The third-order valence-corrected chi connectivity index (χ3v) is 8.15. The maximum Gasteiger partial charge on any atom is 2.00 e. The predicted molar refractivity (Wildman–Crippen MR) is 176 cm³/mol. The summed E-state index contributed by atoms with van der Waals surface area (Å²) >= 11 is 0. The van der Waals surface area contributed by atoms with Gasteiger partial charge in [-0.05, 0) is 67.8 Å². The molecular weight excluding hydrogens is 722 g/mol. The Morgan fingerprint density at radius 2 is 1.43 bits per heavy atom. The van der Waals surface area contributed by atoms with Gasteiger partial charge in [0.15, 0.2) is 0 Å². The van der Waals surface area contributed by atoms with Crippen molar-refractivity contribution in [3.8, 4) is 34.0 Å². The fraction of sp³-hybridized carbons (Fsp3) is 0.205. The number of ether oxygens (including phenoxy) is 1. The molecule has 3 aromatic heterocycles. The molecule has 4 aromatic carbocycles. The summed E-state index contributed by atoms with van der Waals surface area (Å²) in [7, 11) is 0. The summed E-state index contributed by atoms with van der Waals surface area (Å²) in [5.41, 5.74) is 6.87. The van der Waals surface area contributed by atoms with Crippen LogP contribution in [0.4, 0.5) is 0 Å². The number of rotatable bonds is 4. The molecule has 4 nitrogen and oxygen atoms in total. The summed E-state index contributed by atoms with van der Waals surface area (Å²) in [6.07, 6.45) is 5.73. The quantitative estimate of drug-likeness (QED) is 0.133. The molecule has 0 amide bonds. The van der Waals surface area contributed by atoms with Gasteiger partial charge in [0.05, 0.1) is 11.3 Å². The Morgan fingerprint density at radius 1 is 0.636 bits per heavy atom. The average molecular weight is 755 g/mol. The molecule has 0 saturated heterocycles. The second kappa shape index (κ2) is 11.1. The Morgan fingerprint density at radius 3 is 2.18 bits per heavy atom. The number of benzene rings is 4. The minimum Gasteiger partial charge on any atom is -0.496 e. The number of pyridine rings is 3. The molecule has 0 atom stereocenters. The SMILES string of the molecule is CC(C)(C)c1ccc(-c2[c-]c(Oc3[c-]c(-c4cc(C(C)(C)C)ccn4)c4ccc5cccc6ncc3c4c56)ccc2)nc1.[Pt+2]. The zero-order valence-corrected chi connectivity index (χ0v) is 28.0. The van der Waals surface area contributed by atoms with Gasteiger partial charge >= 0.3 is 21.1 Å². The normalized spacial score (nSPS) is 12.1. The molecule has 7 rings (SSSR count). The van der Waals surface area contributed by atoms with Gasteiger partial charge in [0.2, 0.25) is 0 Å². The molecule has 0 bridgehead atoms. The molecule has 44 heavy (non-hydrogen) atoms. The number of hydrogen-bond acceptors (Lipinski definition) is 4. The van der Waals surface area contributed by atoms with Gasteiger partial charge in [0.25, 0.3) is 0 Å². The van der Waals surface area contributed by atoms with Crippen LogP contribution in [-0.4, -0.2) is 15.0 Å². The fourth-order valence-electron chi connectivity index (χ4n) is 5.65. The van der Waals surface area contributed by atoms with Crippen LogP contribution in [0.2, 0.25) is 0 Å². The number of aromatic nitrogens is 3. The Balaban J connectivity index is 0.00000343. The van der Waals surface area contributed by atoms with Crippen molar-refractivity contribution >= 4 is 32.4 Å². The molecule has 0 aliphatic heterocycles. The second-order valence-corrected chi connectivity index (χ2v) is 13.3. The van der Waals surface area contributed by atoms with Crippen molar-refractivity contribution in [1.29, 1.82) is 0 Å². The van der Waals surface area contributed by atoms with E-state index in [1.807, 2.05) is 36.8 Å². The molecule has 7 aromatic rings. The standard InChI is InChI=1S/C39H33N3O.Pt/c1-38(2,3)26-17-18-40-34(20-26)30-21-35(31-23-42-33-12-8-9-24-13-15-29(30)37(31)36(24)33)43-28-11-7-10-25(19-28)32-16-14-27(22-41-32)39(4,5)6;/h7-18,20,22-23H,1-6H3;/q-2;+2. The van der Waals surface area contributed by atoms with Crippen LogP contribution in [-0.2, 0) is 31.9 Å². The van der Waals surface area contributed by atoms with Crippen LogP contribution in [0.3, 0.4) is 0 Å². The van der Waals surface area contributed by atoms with Crippen LogP contribution in [0.25, 0.3) is 55.0 Å². The minimum atomic E-state index is -0.0146. The van der Waals surface area contributed by atoms with Crippen LogP contribution in [0, 0.1) is 12.1 Å². The first-order chi connectivity index (χ1) is 20.6. The van der Waals surface area contributed by atoms with E-state index in [4.69, 9.17) is 19.7 Å². The molecule has 0 N–H and O–H groups in total. The van der Waals surface area contributed by atoms with E-state index in [0.717, 1.165) is 55.0 Å². The average Bonchev–Trinajstić information content (AvgIpc) is 3.00. The van der Waals surface area contributed by atoms with Crippen LogP contribution < -0.4 is 4.74 Å². The second-order valence-electron chi connectivity index (χ2n) is 13.3. The van der Waals surface area contributed by atoms with Gasteiger partial charge in [-0.15, -0.1) is 29.3 Å². The molecule has 5 heteroatoms. The first-order valence-corrected chi connectivity index (χ1v) is 14.7. The minimum absolute atomic E-state index is 0. The van der Waals surface area contributed by atoms with Gasteiger partial charge in [-0.25, -0.2) is 0 Å². The van der Waals surface area contributed by atoms with E-state index >= 15 is 0 Å². The number of hydrogen-bond donors (Lipinski definition) is 0. The summed E-state index contributed by atoms with van der Waals surface area (Å²) < 4.78 is 6.63. The van der Waals surface area contributed by atoms with Crippen LogP contribution >= 0.6 is 0 Å². The van der Waals surface area contributed by atoms with E-state index < -0.39 is 0 Å². The van der Waals surface area contributed by atoms with E-state index in [0.29, 0.717) is 11.5 Å². The predicted octanol–water partition coefficient (Wildman–Crippen LogP) is 10.1. The molecule has 0 saturated carbocycles. The van der Waals surface area contributed by atoms with Crippen molar-refractivity contribution in [3.05, 3.63) is 115 Å². The Hall–Kier alpha value is -4.14. The molecular formula is C39H33N3OPt. The van der Waals surface area contributed by atoms with Gasteiger partial charge in [-0.1, -0.05) is 107 Å². The zero-order chi connectivity index (χ0) is 29.9. The maximum absolute atomic E-state index is 6.63. The molecule has 3 heterocycles. The van der Waals surface area contributed by atoms with Crippen molar-refractivity contribution < 1.29 is 25.8 Å². The summed E-state index contributed by atoms with van der Waals surface area (Å²) in [4.78, 5) is 14.4. The fourth-order valence-corrected chi connectivity index (χ4v) is 5.65. The monoisotopic (exact) mass is 754 g/mol.